The molecular weight excluding hydrogens is 344 g/mol. The Bertz CT molecular complexity index is 793. The van der Waals surface area contributed by atoms with Crippen molar-refractivity contribution in [2.45, 2.75) is 5.03 Å². The molecule has 1 amide bonds. The summed E-state index contributed by atoms with van der Waals surface area (Å²) in [5.41, 5.74) is 0.327. The van der Waals surface area contributed by atoms with Crippen LogP contribution in [-0.2, 0) is 13.8 Å². The predicted molar refractivity (Wildman–Crippen MR) is 84.4 cm³/mol. The molecule has 0 aliphatic heterocycles. The number of benzene rings is 1. The van der Waals surface area contributed by atoms with Crippen LogP contribution >= 0.6 is 10.7 Å². The molecule has 0 saturated carbocycles. The molecule has 7 nitrogen and oxygen atoms in total. The Balaban J connectivity index is 1.92. The smallest absolute Gasteiger partial charge is 0.278 e. The molecule has 9 heteroatoms. The standard InChI is InChI=1S/C14H13ClN2O5S/c1-21-11-3-2-4-12(7-11)22-9-13(18)17-10-5-6-14(16-8-10)23(15,19)20/h2-8H,9H2,1H3,(H,17,18). The van der Waals surface area contributed by atoms with Gasteiger partial charge in [-0.2, -0.15) is 0 Å². The molecule has 0 radical (unpaired) electrons. The fraction of sp³-hybridized carbons (Fsp3) is 0.143. The van der Waals surface area contributed by atoms with Gasteiger partial charge in [-0.3, -0.25) is 4.79 Å². The number of carbonyl (C=O) groups is 1. The van der Waals surface area contributed by atoms with Crippen molar-refractivity contribution in [2.75, 3.05) is 19.0 Å². The number of hydrogen-bond acceptors (Lipinski definition) is 6. The minimum atomic E-state index is -3.89. The Morgan fingerprint density at radius 3 is 2.61 bits per heavy atom. The summed E-state index contributed by atoms with van der Waals surface area (Å²) in [6.45, 7) is -0.220. The van der Waals surface area contributed by atoms with Gasteiger partial charge in [-0.25, -0.2) is 13.4 Å². The van der Waals surface area contributed by atoms with Crippen LogP contribution in [0.5, 0.6) is 11.5 Å². The first-order valence-corrected chi connectivity index (χ1v) is 8.67. The Hall–Kier alpha value is -2.32. The fourth-order valence-electron chi connectivity index (χ4n) is 1.64. The Kier molecular flexibility index (Phi) is 5.41. The monoisotopic (exact) mass is 356 g/mol. The van der Waals surface area contributed by atoms with E-state index in [1.807, 2.05) is 0 Å². The summed E-state index contributed by atoms with van der Waals surface area (Å²) < 4.78 is 32.5. The summed E-state index contributed by atoms with van der Waals surface area (Å²) in [5, 5.41) is 2.24. The highest BCUT2D eigenvalue weighted by Gasteiger charge is 2.12. The molecule has 122 valence electrons. The molecule has 0 atom stereocenters. The Morgan fingerprint density at radius 1 is 1.26 bits per heavy atom. The highest BCUT2D eigenvalue weighted by atomic mass is 35.7. The predicted octanol–water partition coefficient (Wildman–Crippen LogP) is 2.04. The summed E-state index contributed by atoms with van der Waals surface area (Å²) >= 11 is 0. The number of methoxy groups -OCH3 is 1. The van der Waals surface area contributed by atoms with Crippen LogP contribution in [0.3, 0.4) is 0 Å². The van der Waals surface area contributed by atoms with E-state index in [1.54, 1.807) is 24.3 Å². The number of nitrogens with one attached hydrogen (secondary N) is 1. The highest BCUT2D eigenvalue weighted by molar-refractivity contribution is 8.13. The van der Waals surface area contributed by atoms with Gasteiger partial charge in [-0.05, 0) is 24.3 Å². The van der Waals surface area contributed by atoms with Crippen LogP contribution in [0.25, 0.3) is 0 Å². The molecule has 0 fully saturated rings. The van der Waals surface area contributed by atoms with Gasteiger partial charge in [0.1, 0.15) is 11.5 Å². The number of aromatic nitrogens is 1. The third-order valence-electron chi connectivity index (χ3n) is 2.68. The van der Waals surface area contributed by atoms with Gasteiger partial charge in [0.25, 0.3) is 15.0 Å². The lowest BCUT2D eigenvalue weighted by molar-refractivity contribution is -0.118. The number of anilines is 1. The van der Waals surface area contributed by atoms with Gasteiger partial charge in [-0.15, -0.1) is 0 Å². The zero-order valence-electron chi connectivity index (χ0n) is 12.0. The van der Waals surface area contributed by atoms with Gasteiger partial charge < -0.3 is 14.8 Å². The summed E-state index contributed by atoms with van der Waals surface area (Å²) in [6.07, 6.45) is 1.19. The molecule has 0 saturated heterocycles. The van der Waals surface area contributed by atoms with Crippen molar-refractivity contribution in [1.29, 1.82) is 0 Å². The van der Waals surface area contributed by atoms with Gasteiger partial charge in [-0.1, -0.05) is 6.07 Å². The number of hydrogen-bond donors (Lipinski definition) is 1. The van der Waals surface area contributed by atoms with Crippen LogP contribution in [0.2, 0.25) is 0 Å². The molecule has 1 aromatic carbocycles. The first-order chi connectivity index (χ1) is 10.9. The van der Waals surface area contributed by atoms with Crippen molar-refractivity contribution >= 4 is 31.3 Å². The minimum absolute atomic E-state index is 0.220. The van der Waals surface area contributed by atoms with Crippen molar-refractivity contribution in [3.63, 3.8) is 0 Å². The second-order valence-corrected chi connectivity index (χ2v) is 6.85. The second-order valence-electron chi connectivity index (χ2n) is 4.34. The number of nitrogens with zero attached hydrogens (tertiary/aromatic N) is 1. The first-order valence-electron chi connectivity index (χ1n) is 6.36. The summed E-state index contributed by atoms with van der Waals surface area (Å²) in [5.74, 6) is 0.683. The molecule has 1 aromatic heterocycles. The largest absolute Gasteiger partial charge is 0.497 e. The lowest BCUT2D eigenvalue weighted by Crippen LogP contribution is -2.20. The minimum Gasteiger partial charge on any atom is -0.497 e. The quantitative estimate of drug-likeness (QED) is 0.796. The molecule has 23 heavy (non-hydrogen) atoms. The number of pyridine rings is 1. The van der Waals surface area contributed by atoms with Crippen molar-refractivity contribution in [3.05, 3.63) is 42.6 Å². The molecular formula is C14H13ClN2O5S. The molecule has 2 aromatic rings. The van der Waals surface area contributed by atoms with Crippen molar-refractivity contribution in [1.82, 2.24) is 4.98 Å². The van der Waals surface area contributed by atoms with Crippen LogP contribution in [0.1, 0.15) is 0 Å². The van der Waals surface area contributed by atoms with E-state index in [0.29, 0.717) is 17.2 Å². The number of carbonyl (C=O) groups excluding carboxylic acids is 1. The molecule has 0 unspecified atom stereocenters. The van der Waals surface area contributed by atoms with Gasteiger partial charge in [0.05, 0.1) is 19.0 Å². The van der Waals surface area contributed by atoms with Gasteiger partial charge in [0.15, 0.2) is 11.6 Å². The molecule has 1 N–H and O–H groups in total. The SMILES string of the molecule is COc1cccc(OCC(=O)Nc2ccc(S(=O)(=O)Cl)nc2)c1. The Morgan fingerprint density at radius 2 is 2.00 bits per heavy atom. The van der Waals surface area contributed by atoms with E-state index in [2.05, 4.69) is 10.3 Å². The van der Waals surface area contributed by atoms with E-state index in [1.165, 1.54) is 25.4 Å². The molecule has 0 bridgehead atoms. The molecule has 1 heterocycles. The number of rotatable bonds is 6. The maximum atomic E-state index is 11.8. The normalized spacial score (nSPS) is 10.9. The van der Waals surface area contributed by atoms with Crippen molar-refractivity contribution < 1.29 is 22.7 Å². The average molecular weight is 357 g/mol. The van der Waals surface area contributed by atoms with Crippen LogP contribution in [0, 0.1) is 0 Å². The van der Waals surface area contributed by atoms with Crippen molar-refractivity contribution in [3.8, 4) is 11.5 Å². The van der Waals surface area contributed by atoms with Crippen molar-refractivity contribution in [2.24, 2.45) is 0 Å². The summed E-state index contributed by atoms with van der Waals surface area (Å²) in [4.78, 5) is 15.4. The van der Waals surface area contributed by atoms with Crippen LogP contribution in [0.4, 0.5) is 5.69 Å². The molecule has 0 spiro atoms. The third-order valence-corrected chi connectivity index (χ3v) is 3.90. The van der Waals surface area contributed by atoms with E-state index in [4.69, 9.17) is 20.2 Å². The number of halogens is 1. The number of amides is 1. The molecule has 0 aliphatic rings. The van der Waals surface area contributed by atoms with Crippen LogP contribution in [-0.4, -0.2) is 33.0 Å². The third kappa shape index (κ3) is 5.11. The van der Waals surface area contributed by atoms with Gasteiger partial charge in [0.2, 0.25) is 0 Å². The molecule has 2 rings (SSSR count). The maximum absolute atomic E-state index is 11.8. The Labute approximate surface area is 137 Å². The zero-order valence-corrected chi connectivity index (χ0v) is 13.6. The van der Waals surface area contributed by atoms with Gasteiger partial charge >= 0.3 is 0 Å². The fourth-order valence-corrected chi connectivity index (χ4v) is 2.32. The molecule has 0 aliphatic carbocycles. The van der Waals surface area contributed by atoms with E-state index in [9.17, 15) is 13.2 Å². The van der Waals surface area contributed by atoms with E-state index >= 15 is 0 Å². The maximum Gasteiger partial charge on any atom is 0.278 e. The topological polar surface area (TPSA) is 94.6 Å². The van der Waals surface area contributed by atoms with Crippen LogP contribution in [0.15, 0.2) is 47.6 Å². The lowest BCUT2D eigenvalue weighted by atomic mass is 10.3. The zero-order chi connectivity index (χ0) is 16.9. The lowest BCUT2D eigenvalue weighted by Gasteiger charge is -2.08. The second kappa shape index (κ2) is 7.30. The highest BCUT2D eigenvalue weighted by Crippen LogP contribution is 2.19. The average Bonchev–Trinajstić information content (AvgIpc) is 2.53. The van der Waals surface area contributed by atoms with E-state index in [0.717, 1.165) is 0 Å². The van der Waals surface area contributed by atoms with E-state index < -0.39 is 15.0 Å². The number of ether oxygens (including phenoxy) is 2. The van der Waals surface area contributed by atoms with Crippen LogP contribution < -0.4 is 14.8 Å². The summed E-state index contributed by atoms with van der Waals surface area (Å²) in [6, 6.07) is 9.41. The van der Waals surface area contributed by atoms with Gasteiger partial charge in [0, 0.05) is 16.7 Å². The first kappa shape index (κ1) is 17.0. The van der Waals surface area contributed by atoms with E-state index in [-0.39, 0.29) is 11.6 Å². The summed E-state index contributed by atoms with van der Waals surface area (Å²) in [7, 11) is 2.79.